The zero-order valence-electron chi connectivity index (χ0n) is 14.6. The van der Waals surface area contributed by atoms with Crippen LogP contribution in [0.15, 0.2) is 67.0 Å². The number of nitriles is 1. The quantitative estimate of drug-likeness (QED) is 0.730. The first-order chi connectivity index (χ1) is 13.1. The third-order valence-electron chi connectivity index (χ3n) is 3.94. The number of anilines is 2. The summed E-state index contributed by atoms with van der Waals surface area (Å²) >= 11 is 0. The number of hydrogen-bond donors (Lipinski definition) is 2. The summed E-state index contributed by atoms with van der Waals surface area (Å²) in [4.78, 5) is 24.7. The van der Waals surface area contributed by atoms with E-state index < -0.39 is 6.04 Å². The Hall–Kier alpha value is -3.92. The van der Waals surface area contributed by atoms with Crippen LogP contribution < -0.4 is 10.6 Å². The third kappa shape index (κ3) is 4.38. The monoisotopic (exact) mass is 359 g/mol. The zero-order chi connectivity index (χ0) is 19.2. The maximum atomic E-state index is 12.4. The van der Waals surface area contributed by atoms with Crippen LogP contribution in [0.1, 0.15) is 28.9 Å². The van der Waals surface area contributed by atoms with E-state index in [9.17, 15) is 9.59 Å². The average molecular weight is 359 g/mol. The molecule has 1 atom stereocenters. The highest BCUT2D eigenvalue weighted by molar-refractivity contribution is 6.05. The highest BCUT2D eigenvalue weighted by Crippen LogP contribution is 2.18. The summed E-state index contributed by atoms with van der Waals surface area (Å²) in [6, 6.07) is 16.6. The lowest BCUT2D eigenvalue weighted by atomic mass is 10.1. The largest absolute Gasteiger partial charge is 0.324 e. The first kappa shape index (κ1) is 17.9. The molecule has 134 valence electrons. The van der Waals surface area contributed by atoms with E-state index in [0.29, 0.717) is 22.5 Å². The number of carbonyl (C=O) groups excluding carboxylic acids is 2. The van der Waals surface area contributed by atoms with Crippen molar-refractivity contribution in [1.29, 1.82) is 5.26 Å². The number of carbonyl (C=O) groups is 2. The van der Waals surface area contributed by atoms with Gasteiger partial charge in [0.15, 0.2) is 0 Å². The van der Waals surface area contributed by atoms with Gasteiger partial charge >= 0.3 is 0 Å². The van der Waals surface area contributed by atoms with Gasteiger partial charge in [0.1, 0.15) is 6.04 Å². The molecule has 0 fully saturated rings. The maximum Gasteiger partial charge on any atom is 0.255 e. The van der Waals surface area contributed by atoms with Crippen molar-refractivity contribution in [2.45, 2.75) is 13.0 Å². The molecule has 1 unspecified atom stereocenters. The van der Waals surface area contributed by atoms with Crippen LogP contribution in [0.25, 0.3) is 0 Å². The molecular weight excluding hydrogens is 342 g/mol. The van der Waals surface area contributed by atoms with Gasteiger partial charge in [-0.05, 0) is 49.4 Å². The fraction of sp³-hybridized carbons (Fsp3) is 0.100. The van der Waals surface area contributed by atoms with Crippen LogP contribution >= 0.6 is 0 Å². The fourth-order valence-corrected chi connectivity index (χ4v) is 2.48. The molecule has 0 aliphatic heterocycles. The van der Waals surface area contributed by atoms with E-state index in [2.05, 4.69) is 15.7 Å². The van der Waals surface area contributed by atoms with Gasteiger partial charge in [0.2, 0.25) is 5.91 Å². The minimum atomic E-state index is -0.466. The number of amides is 2. The van der Waals surface area contributed by atoms with Crippen LogP contribution in [0.2, 0.25) is 0 Å². The van der Waals surface area contributed by atoms with Gasteiger partial charge in [-0.2, -0.15) is 10.4 Å². The van der Waals surface area contributed by atoms with E-state index in [0.717, 1.165) is 0 Å². The van der Waals surface area contributed by atoms with Gasteiger partial charge in [0.25, 0.3) is 5.91 Å². The van der Waals surface area contributed by atoms with E-state index in [-0.39, 0.29) is 11.8 Å². The van der Waals surface area contributed by atoms with Gasteiger partial charge in [-0.3, -0.25) is 14.3 Å². The van der Waals surface area contributed by atoms with Gasteiger partial charge < -0.3 is 10.6 Å². The van der Waals surface area contributed by atoms with Crippen molar-refractivity contribution in [2.24, 2.45) is 0 Å². The Morgan fingerprint density at radius 2 is 1.81 bits per heavy atom. The molecule has 0 aliphatic carbocycles. The second kappa shape index (κ2) is 7.97. The summed E-state index contributed by atoms with van der Waals surface area (Å²) in [6.45, 7) is 1.75. The maximum absolute atomic E-state index is 12.4. The van der Waals surface area contributed by atoms with Gasteiger partial charge in [-0.1, -0.05) is 12.1 Å². The molecule has 0 saturated carbocycles. The SMILES string of the molecule is CC(C(=O)Nc1cccc(NC(=O)c2cccc(C#N)c2)c1)n1cccn1. The van der Waals surface area contributed by atoms with E-state index in [1.54, 1.807) is 72.5 Å². The second-order valence-corrected chi connectivity index (χ2v) is 5.88. The number of aromatic nitrogens is 2. The predicted octanol–water partition coefficient (Wildman–Crippen LogP) is 3.21. The first-order valence-corrected chi connectivity index (χ1v) is 8.28. The minimum Gasteiger partial charge on any atom is -0.324 e. The second-order valence-electron chi connectivity index (χ2n) is 5.88. The topological polar surface area (TPSA) is 99.8 Å². The number of hydrogen-bond acceptors (Lipinski definition) is 4. The summed E-state index contributed by atoms with van der Waals surface area (Å²) in [5.41, 5.74) is 1.89. The Bertz CT molecular complexity index is 1010. The Labute approximate surface area is 156 Å². The normalized spacial score (nSPS) is 11.3. The van der Waals surface area contributed by atoms with Gasteiger partial charge in [0.05, 0.1) is 11.6 Å². The van der Waals surface area contributed by atoms with Gasteiger partial charge in [0, 0.05) is 29.3 Å². The van der Waals surface area contributed by atoms with Crippen molar-refractivity contribution in [3.63, 3.8) is 0 Å². The molecule has 7 heteroatoms. The zero-order valence-corrected chi connectivity index (χ0v) is 14.6. The molecule has 1 aromatic heterocycles. The molecule has 7 nitrogen and oxygen atoms in total. The fourth-order valence-electron chi connectivity index (χ4n) is 2.48. The van der Waals surface area contributed by atoms with Crippen molar-refractivity contribution >= 4 is 23.2 Å². The number of benzene rings is 2. The van der Waals surface area contributed by atoms with Crippen molar-refractivity contribution < 1.29 is 9.59 Å². The Morgan fingerprint density at radius 3 is 2.52 bits per heavy atom. The molecule has 2 N–H and O–H groups in total. The van der Waals surface area contributed by atoms with Gasteiger partial charge in [-0.15, -0.1) is 0 Å². The lowest BCUT2D eigenvalue weighted by molar-refractivity contribution is -0.119. The molecule has 0 aliphatic rings. The summed E-state index contributed by atoms with van der Waals surface area (Å²) in [5.74, 6) is -0.551. The molecule has 0 spiro atoms. The van der Waals surface area contributed by atoms with Crippen molar-refractivity contribution in [3.05, 3.63) is 78.1 Å². The van der Waals surface area contributed by atoms with Crippen LogP contribution in [0.4, 0.5) is 11.4 Å². The predicted molar refractivity (Wildman–Crippen MR) is 101 cm³/mol. The summed E-state index contributed by atoms with van der Waals surface area (Å²) in [7, 11) is 0. The molecule has 0 bridgehead atoms. The molecule has 2 aromatic carbocycles. The van der Waals surface area contributed by atoms with E-state index in [1.165, 1.54) is 6.07 Å². The van der Waals surface area contributed by atoms with Crippen molar-refractivity contribution in [2.75, 3.05) is 10.6 Å². The van der Waals surface area contributed by atoms with Crippen molar-refractivity contribution in [1.82, 2.24) is 9.78 Å². The van der Waals surface area contributed by atoms with Crippen LogP contribution in [0.3, 0.4) is 0 Å². The van der Waals surface area contributed by atoms with Crippen LogP contribution in [-0.2, 0) is 4.79 Å². The van der Waals surface area contributed by atoms with E-state index in [4.69, 9.17) is 5.26 Å². The van der Waals surface area contributed by atoms with Gasteiger partial charge in [-0.25, -0.2) is 0 Å². The molecule has 0 radical (unpaired) electrons. The third-order valence-corrected chi connectivity index (χ3v) is 3.94. The van der Waals surface area contributed by atoms with Crippen LogP contribution in [-0.4, -0.2) is 21.6 Å². The lowest BCUT2D eigenvalue weighted by Gasteiger charge is -2.13. The van der Waals surface area contributed by atoms with Crippen LogP contribution in [0.5, 0.6) is 0 Å². The number of rotatable bonds is 5. The molecule has 1 heterocycles. The summed E-state index contributed by atoms with van der Waals surface area (Å²) < 4.78 is 1.56. The summed E-state index contributed by atoms with van der Waals surface area (Å²) in [6.07, 6.45) is 3.33. The van der Waals surface area contributed by atoms with Crippen molar-refractivity contribution in [3.8, 4) is 6.07 Å². The van der Waals surface area contributed by atoms with E-state index >= 15 is 0 Å². The first-order valence-electron chi connectivity index (χ1n) is 8.28. The Balaban J connectivity index is 1.69. The lowest BCUT2D eigenvalue weighted by Crippen LogP contribution is -2.24. The Morgan fingerprint density at radius 1 is 1.07 bits per heavy atom. The highest BCUT2D eigenvalue weighted by atomic mass is 16.2. The highest BCUT2D eigenvalue weighted by Gasteiger charge is 2.15. The smallest absolute Gasteiger partial charge is 0.255 e. The number of nitrogens with one attached hydrogen (secondary N) is 2. The molecule has 27 heavy (non-hydrogen) atoms. The summed E-state index contributed by atoms with van der Waals surface area (Å²) in [5, 5.41) is 18.6. The molecule has 2 amide bonds. The minimum absolute atomic E-state index is 0.219. The standard InChI is InChI=1S/C20H17N5O2/c1-14(25-10-4-9-22-25)19(26)23-17-7-3-8-18(12-17)24-20(27)16-6-2-5-15(11-16)13-21/h2-12,14H,1H3,(H,23,26)(H,24,27). The number of nitrogens with zero attached hydrogens (tertiary/aromatic N) is 3. The molecular formula is C20H17N5O2. The molecule has 0 saturated heterocycles. The molecule has 3 rings (SSSR count). The molecule has 3 aromatic rings. The van der Waals surface area contributed by atoms with E-state index in [1.807, 2.05) is 6.07 Å². The van der Waals surface area contributed by atoms with Crippen LogP contribution in [0, 0.1) is 11.3 Å². The average Bonchev–Trinajstić information content (AvgIpc) is 3.22. The Kier molecular flexibility index (Phi) is 5.28.